The summed E-state index contributed by atoms with van der Waals surface area (Å²) in [5.41, 5.74) is 0.673. The average molecular weight is 239 g/mol. The van der Waals surface area contributed by atoms with Crippen LogP contribution < -0.4 is 5.32 Å². The fourth-order valence-electron chi connectivity index (χ4n) is 3.20. The zero-order chi connectivity index (χ0) is 12.4. The number of nitrogens with one attached hydrogen (secondary N) is 1. The standard InChI is InChI=1S/C15H29NO/c1-14(2)8-4-6-13(7-10-14)16-12-15(3)9-5-11-17-15/h13,16H,4-12H2,1-3H3. The molecule has 1 aliphatic heterocycles. The third-order valence-corrected chi connectivity index (χ3v) is 4.64. The van der Waals surface area contributed by atoms with Crippen LogP contribution in [0.2, 0.25) is 0 Å². The summed E-state index contributed by atoms with van der Waals surface area (Å²) in [7, 11) is 0. The van der Waals surface area contributed by atoms with E-state index in [0.29, 0.717) is 5.41 Å². The lowest BCUT2D eigenvalue weighted by Crippen LogP contribution is -2.42. The van der Waals surface area contributed by atoms with Gasteiger partial charge in [0.15, 0.2) is 0 Å². The van der Waals surface area contributed by atoms with Crippen molar-refractivity contribution in [2.45, 2.75) is 77.4 Å². The Hall–Kier alpha value is -0.0800. The van der Waals surface area contributed by atoms with Gasteiger partial charge in [0.2, 0.25) is 0 Å². The maximum absolute atomic E-state index is 5.84. The van der Waals surface area contributed by atoms with Crippen LogP contribution in [0.4, 0.5) is 0 Å². The highest BCUT2D eigenvalue weighted by Crippen LogP contribution is 2.34. The van der Waals surface area contributed by atoms with Gasteiger partial charge in [-0.3, -0.25) is 0 Å². The molecule has 0 radical (unpaired) electrons. The van der Waals surface area contributed by atoms with E-state index in [1.54, 1.807) is 0 Å². The van der Waals surface area contributed by atoms with Gasteiger partial charge >= 0.3 is 0 Å². The van der Waals surface area contributed by atoms with Gasteiger partial charge in [0.05, 0.1) is 5.60 Å². The Kier molecular flexibility index (Phi) is 4.14. The van der Waals surface area contributed by atoms with Gasteiger partial charge in [-0.1, -0.05) is 20.3 Å². The zero-order valence-electron chi connectivity index (χ0n) is 11.8. The molecule has 100 valence electrons. The highest BCUT2D eigenvalue weighted by atomic mass is 16.5. The van der Waals surface area contributed by atoms with E-state index in [-0.39, 0.29) is 5.60 Å². The quantitative estimate of drug-likeness (QED) is 0.761. The highest BCUT2D eigenvalue weighted by molar-refractivity contribution is 4.86. The van der Waals surface area contributed by atoms with E-state index in [9.17, 15) is 0 Å². The van der Waals surface area contributed by atoms with Crippen LogP contribution in [0.5, 0.6) is 0 Å². The molecule has 0 aromatic rings. The van der Waals surface area contributed by atoms with Crippen LogP contribution in [0, 0.1) is 5.41 Å². The monoisotopic (exact) mass is 239 g/mol. The van der Waals surface area contributed by atoms with Gasteiger partial charge in [-0.25, -0.2) is 0 Å². The Morgan fingerprint density at radius 3 is 2.59 bits per heavy atom. The number of hydrogen-bond donors (Lipinski definition) is 1. The molecule has 1 saturated heterocycles. The average Bonchev–Trinajstić information content (AvgIpc) is 2.61. The first-order chi connectivity index (χ1) is 7.99. The summed E-state index contributed by atoms with van der Waals surface area (Å²) in [6.07, 6.45) is 9.26. The summed E-state index contributed by atoms with van der Waals surface area (Å²) < 4.78 is 5.84. The van der Waals surface area contributed by atoms with E-state index in [1.165, 1.54) is 44.9 Å². The van der Waals surface area contributed by atoms with E-state index in [0.717, 1.165) is 19.2 Å². The highest BCUT2D eigenvalue weighted by Gasteiger charge is 2.31. The van der Waals surface area contributed by atoms with Crippen molar-refractivity contribution >= 4 is 0 Å². The molecule has 2 atom stereocenters. The topological polar surface area (TPSA) is 21.3 Å². The SMILES string of the molecule is CC1(C)CCCC(NCC2(C)CCCO2)CC1. The third-order valence-electron chi connectivity index (χ3n) is 4.64. The van der Waals surface area contributed by atoms with Crippen molar-refractivity contribution in [3.63, 3.8) is 0 Å². The summed E-state index contributed by atoms with van der Waals surface area (Å²) in [6.45, 7) is 9.08. The molecular formula is C15H29NO. The number of ether oxygens (including phenoxy) is 1. The molecule has 0 aromatic heterocycles. The summed E-state index contributed by atoms with van der Waals surface area (Å²) in [5, 5.41) is 3.76. The smallest absolute Gasteiger partial charge is 0.0779 e. The molecule has 17 heavy (non-hydrogen) atoms. The van der Waals surface area contributed by atoms with Crippen LogP contribution in [-0.4, -0.2) is 24.8 Å². The molecule has 2 rings (SSSR count). The minimum absolute atomic E-state index is 0.113. The molecule has 0 amide bonds. The van der Waals surface area contributed by atoms with E-state index < -0.39 is 0 Å². The minimum Gasteiger partial charge on any atom is -0.374 e. The van der Waals surface area contributed by atoms with Gasteiger partial charge in [0.25, 0.3) is 0 Å². The first-order valence-corrected chi connectivity index (χ1v) is 7.37. The Labute approximate surface area is 107 Å². The van der Waals surface area contributed by atoms with Crippen LogP contribution >= 0.6 is 0 Å². The summed E-state index contributed by atoms with van der Waals surface area (Å²) in [5.74, 6) is 0. The van der Waals surface area contributed by atoms with E-state index in [4.69, 9.17) is 4.74 Å². The first-order valence-electron chi connectivity index (χ1n) is 7.37. The van der Waals surface area contributed by atoms with Gasteiger partial charge in [0.1, 0.15) is 0 Å². The largest absolute Gasteiger partial charge is 0.374 e. The Balaban J connectivity index is 1.75. The second-order valence-electron chi connectivity index (χ2n) is 7.07. The fourth-order valence-corrected chi connectivity index (χ4v) is 3.20. The second kappa shape index (κ2) is 5.27. The Morgan fingerprint density at radius 1 is 1.06 bits per heavy atom. The maximum atomic E-state index is 5.84. The molecule has 1 N–H and O–H groups in total. The molecule has 1 saturated carbocycles. The third kappa shape index (κ3) is 3.96. The van der Waals surface area contributed by atoms with Crippen molar-refractivity contribution in [1.82, 2.24) is 5.32 Å². The van der Waals surface area contributed by atoms with Crippen molar-refractivity contribution in [3.05, 3.63) is 0 Å². The molecule has 0 bridgehead atoms. The van der Waals surface area contributed by atoms with Crippen molar-refractivity contribution in [2.24, 2.45) is 5.41 Å². The molecule has 2 fully saturated rings. The van der Waals surface area contributed by atoms with Gasteiger partial charge in [-0.05, 0) is 50.9 Å². The van der Waals surface area contributed by atoms with E-state index in [2.05, 4.69) is 26.1 Å². The number of rotatable bonds is 3. The van der Waals surface area contributed by atoms with E-state index in [1.807, 2.05) is 0 Å². The normalized spacial score (nSPS) is 37.9. The predicted octanol–water partition coefficient (Wildman–Crippen LogP) is 3.50. The second-order valence-corrected chi connectivity index (χ2v) is 7.07. The zero-order valence-corrected chi connectivity index (χ0v) is 11.8. The predicted molar refractivity (Wildman–Crippen MR) is 72.2 cm³/mol. The summed E-state index contributed by atoms with van der Waals surface area (Å²) in [4.78, 5) is 0. The van der Waals surface area contributed by atoms with Crippen LogP contribution in [0.1, 0.15) is 65.7 Å². The first kappa shape index (κ1) is 13.4. The summed E-state index contributed by atoms with van der Waals surface area (Å²) in [6, 6.07) is 0.720. The van der Waals surface area contributed by atoms with Crippen molar-refractivity contribution < 1.29 is 4.74 Å². The molecule has 0 aromatic carbocycles. The molecule has 2 unspecified atom stereocenters. The van der Waals surface area contributed by atoms with Crippen LogP contribution in [0.15, 0.2) is 0 Å². The molecule has 0 spiro atoms. The molecule has 1 aliphatic carbocycles. The fraction of sp³-hybridized carbons (Fsp3) is 1.00. The van der Waals surface area contributed by atoms with Gasteiger partial charge in [-0.2, -0.15) is 0 Å². The van der Waals surface area contributed by atoms with Gasteiger partial charge in [0, 0.05) is 19.2 Å². The van der Waals surface area contributed by atoms with Crippen molar-refractivity contribution in [1.29, 1.82) is 0 Å². The van der Waals surface area contributed by atoms with Crippen molar-refractivity contribution in [3.8, 4) is 0 Å². The van der Waals surface area contributed by atoms with Gasteiger partial charge < -0.3 is 10.1 Å². The van der Waals surface area contributed by atoms with Gasteiger partial charge in [-0.15, -0.1) is 0 Å². The Bertz CT molecular complexity index is 243. The van der Waals surface area contributed by atoms with Crippen molar-refractivity contribution in [2.75, 3.05) is 13.2 Å². The molecule has 2 heteroatoms. The molecular weight excluding hydrogens is 210 g/mol. The molecule has 2 aliphatic rings. The molecule has 1 heterocycles. The summed E-state index contributed by atoms with van der Waals surface area (Å²) >= 11 is 0. The lowest BCUT2D eigenvalue weighted by molar-refractivity contribution is 0.0183. The Morgan fingerprint density at radius 2 is 1.88 bits per heavy atom. The van der Waals surface area contributed by atoms with Crippen LogP contribution in [-0.2, 0) is 4.74 Å². The van der Waals surface area contributed by atoms with Crippen LogP contribution in [0.25, 0.3) is 0 Å². The lowest BCUT2D eigenvalue weighted by Gasteiger charge is -2.27. The number of hydrogen-bond acceptors (Lipinski definition) is 2. The minimum atomic E-state index is 0.113. The van der Waals surface area contributed by atoms with Crippen LogP contribution in [0.3, 0.4) is 0 Å². The lowest BCUT2D eigenvalue weighted by atomic mass is 9.85. The molecule has 2 nitrogen and oxygen atoms in total. The van der Waals surface area contributed by atoms with E-state index >= 15 is 0 Å². The maximum Gasteiger partial charge on any atom is 0.0779 e.